The molecule has 1 aromatic rings. The van der Waals surface area contributed by atoms with Crippen LogP contribution in [0.4, 0.5) is 0 Å². The minimum Gasteiger partial charge on any atom is -0.481 e. The van der Waals surface area contributed by atoms with E-state index in [4.69, 9.17) is 16.7 Å². The highest BCUT2D eigenvalue weighted by atomic mass is 35.5. The summed E-state index contributed by atoms with van der Waals surface area (Å²) in [5, 5.41) is 9.12. The third kappa shape index (κ3) is 3.28. The van der Waals surface area contributed by atoms with Gasteiger partial charge in [0.15, 0.2) is 0 Å². The van der Waals surface area contributed by atoms with Gasteiger partial charge in [0, 0.05) is 11.9 Å². The van der Waals surface area contributed by atoms with Crippen LogP contribution in [0.3, 0.4) is 0 Å². The molecular weight excluding hydrogens is 286 g/mol. The Morgan fingerprint density at radius 1 is 1.42 bits per heavy atom. The second kappa shape index (κ2) is 5.92. The fourth-order valence-corrected chi connectivity index (χ4v) is 3.72. The Balaban J connectivity index is 2.00. The van der Waals surface area contributed by atoms with Gasteiger partial charge in [-0.1, -0.05) is 18.0 Å². The number of aliphatic carboxylic acids is 1. The van der Waals surface area contributed by atoms with Gasteiger partial charge in [-0.15, -0.1) is 11.3 Å². The normalized spacial score (nSPS) is 22.4. The van der Waals surface area contributed by atoms with Crippen LogP contribution in [-0.4, -0.2) is 28.9 Å². The predicted molar refractivity (Wildman–Crippen MR) is 74.3 cm³/mol. The van der Waals surface area contributed by atoms with E-state index in [1.165, 1.54) is 11.3 Å². The van der Waals surface area contributed by atoms with Crippen LogP contribution in [0.25, 0.3) is 0 Å². The van der Waals surface area contributed by atoms with Crippen molar-refractivity contribution in [2.75, 3.05) is 7.05 Å². The quantitative estimate of drug-likeness (QED) is 0.930. The second-order valence-corrected chi connectivity index (χ2v) is 6.68. The van der Waals surface area contributed by atoms with Gasteiger partial charge in [-0.05, 0) is 25.0 Å². The summed E-state index contributed by atoms with van der Waals surface area (Å²) in [6, 6.07) is 3.69. The molecule has 0 aromatic carbocycles. The highest BCUT2D eigenvalue weighted by Crippen LogP contribution is 2.33. The lowest BCUT2D eigenvalue weighted by Gasteiger charge is -2.22. The average molecular weight is 302 g/mol. The molecule has 6 heteroatoms. The van der Waals surface area contributed by atoms with Gasteiger partial charge in [0.05, 0.1) is 22.7 Å². The van der Waals surface area contributed by atoms with Crippen LogP contribution in [0, 0.1) is 11.8 Å². The number of nitrogens with zero attached hydrogens (tertiary/aromatic N) is 1. The zero-order valence-corrected chi connectivity index (χ0v) is 12.2. The number of hydrogen-bond donors (Lipinski definition) is 1. The molecular formula is C13H16ClNO3S. The van der Waals surface area contributed by atoms with Crippen molar-refractivity contribution in [1.82, 2.24) is 4.90 Å². The molecule has 0 unspecified atom stereocenters. The number of rotatable bonds is 4. The minimum absolute atomic E-state index is 0.0746. The first-order valence-electron chi connectivity index (χ1n) is 6.21. The summed E-state index contributed by atoms with van der Waals surface area (Å²) in [5.41, 5.74) is 0. The second-order valence-electron chi connectivity index (χ2n) is 4.88. The standard InChI is InChI=1S/C13H16ClNO3S/c1-15(7-8-5-6-11(14)19-8)12(16)9-3-2-4-10(9)13(17)18/h5-6,9-10H,2-4,7H2,1H3,(H,17,18)/t9-,10+/m1/s1. The summed E-state index contributed by atoms with van der Waals surface area (Å²) >= 11 is 7.29. The Kier molecular flexibility index (Phi) is 4.47. The third-order valence-electron chi connectivity index (χ3n) is 3.55. The van der Waals surface area contributed by atoms with Gasteiger partial charge in [0.1, 0.15) is 0 Å². The number of amides is 1. The Labute approximate surface area is 121 Å². The van der Waals surface area contributed by atoms with E-state index >= 15 is 0 Å². The molecule has 1 saturated carbocycles. The molecule has 1 heterocycles. The van der Waals surface area contributed by atoms with Crippen molar-refractivity contribution >= 4 is 34.8 Å². The van der Waals surface area contributed by atoms with Crippen molar-refractivity contribution in [2.45, 2.75) is 25.8 Å². The van der Waals surface area contributed by atoms with Crippen LogP contribution < -0.4 is 0 Å². The summed E-state index contributed by atoms with van der Waals surface area (Å²) < 4.78 is 0.695. The van der Waals surface area contributed by atoms with Gasteiger partial charge >= 0.3 is 5.97 Å². The predicted octanol–water partition coefficient (Wildman–Crippen LogP) is 2.86. The minimum atomic E-state index is -0.858. The lowest BCUT2D eigenvalue weighted by Crippen LogP contribution is -2.36. The molecule has 0 spiro atoms. The molecule has 2 atom stereocenters. The lowest BCUT2D eigenvalue weighted by atomic mass is 9.95. The van der Waals surface area contributed by atoms with Crippen molar-refractivity contribution in [3.63, 3.8) is 0 Å². The van der Waals surface area contributed by atoms with Crippen molar-refractivity contribution in [3.05, 3.63) is 21.3 Å². The molecule has 0 radical (unpaired) electrons. The first kappa shape index (κ1) is 14.3. The molecule has 1 amide bonds. The van der Waals surface area contributed by atoms with Gasteiger partial charge in [-0.2, -0.15) is 0 Å². The van der Waals surface area contributed by atoms with Crippen LogP contribution in [0.2, 0.25) is 4.34 Å². The van der Waals surface area contributed by atoms with Crippen LogP contribution >= 0.6 is 22.9 Å². The Morgan fingerprint density at radius 2 is 2.11 bits per heavy atom. The van der Waals surface area contributed by atoms with Crippen LogP contribution in [0.15, 0.2) is 12.1 Å². The largest absolute Gasteiger partial charge is 0.481 e. The van der Waals surface area contributed by atoms with Crippen molar-refractivity contribution in [3.8, 4) is 0 Å². The maximum atomic E-state index is 12.3. The van der Waals surface area contributed by atoms with E-state index in [-0.39, 0.29) is 11.8 Å². The van der Waals surface area contributed by atoms with Crippen LogP contribution in [0.5, 0.6) is 0 Å². The monoisotopic (exact) mass is 301 g/mol. The highest BCUT2D eigenvalue weighted by molar-refractivity contribution is 7.16. The van der Waals surface area contributed by atoms with Crippen molar-refractivity contribution < 1.29 is 14.7 Å². The zero-order chi connectivity index (χ0) is 14.0. The smallest absolute Gasteiger partial charge is 0.307 e. The molecule has 0 bridgehead atoms. The molecule has 1 aliphatic carbocycles. The molecule has 0 aliphatic heterocycles. The topological polar surface area (TPSA) is 57.6 Å². The lowest BCUT2D eigenvalue weighted by molar-refractivity contribution is -0.148. The number of halogens is 1. The average Bonchev–Trinajstić information content (AvgIpc) is 2.97. The molecule has 19 heavy (non-hydrogen) atoms. The summed E-state index contributed by atoms with van der Waals surface area (Å²) in [6.07, 6.45) is 2.09. The van der Waals surface area contributed by atoms with Crippen molar-refractivity contribution in [2.24, 2.45) is 11.8 Å². The van der Waals surface area contributed by atoms with Crippen molar-refractivity contribution in [1.29, 1.82) is 0 Å². The maximum absolute atomic E-state index is 12.3. The van der Waals surface area contributed by atoms with E-state index in [0.717, 1.165) is 11.3 Å². The van der Waals surface area contributed by atoms with E-state index < -0.39 is 11.9 Å². The molecule has 104 valence electrons. The Bertz CT molecular complexity index is 488. The van der Waals surface area contributed by atoms with Gasteiger partial charge in [0.25, 0.3) is 0 Å². The van der Waals surface area contributed by atoms with E-state index in [1.54, 1.807) is 18.0 Å². The number of carboxylic acids is 1. The summed E-state index contributed by atoms with van der Waals surface area (Å²) in [5.74, 6) is -1.84. The first-order valence-corrected chi connectivity index (χ1v) is 7.40. The van der Waals surface area contributed by atoms with Crippen LogP contribution in [-0.2, 0) is 16.1 Å². The van der Waals surface area contributed by atoms with E-state index in [0.29, 0.717) is 23.7 Å². The first-order chi connectivity index (χ1) is 8.99. The molecule has 1 N–H and O–H groups in total. The molecule has 1 aromatic heterocycles. The summed E-state index contributed by atoms with van der Waals surface area (Å²) in [7, 11) is 1.72. The molecule has 0 saturated heterocycles. The molecule has 1 aliphatic rings. The number of carbonyl (C=O) groups excluding carboxylic acids is 1. The fourth-order valence-electron chi connectivity index (χ4n) is 2.58. The van der Waals surface area contributed by atoms with Gasteiger partial charge in [-0.25, -0.2) is 0 Å². The maximum Gasteiger partial charge on any atom is 0.307 e. The van der Waals surface area contributed by atoms with Gasteiger partial charge < -0.3 is 10.0 Å². The molecule has 1 fully saturated rings. The van der Waals surface area contributed by atoms with Gasteiger partial charge in [0.2, 0.25) is 5.91 Å². The highest BCUT2D eigenvalue weighted by Gasteiger charge is 2.38. The van der Waals surface area contributed by atoms with E-state index in [1.807, 2.05) is 6.07 Å². The number of thiophene rings is 1. The van der Waals surface area contributed by atoms with Crippen LogP contribution in [0.1, 0.15) is 24.1 Å². The van der Waals surface area contributed by atoms with Gasteiger partial charge in [-0.3, -0.25) is 9.59 Å². The Morgan fingerprint density at radius 3 is 2.68 bits per heavy atom. The number of carboxylic acid groups (broad SMARTS) is 1. The van der Waals surface area contributed by atoms with E-state index in [2.05, 4.69) is 0 Å². The molecule has 2 rings (SSSR count). The number of hydrogen-bond acceptors (Lipinski definition) is 3. The Hall–Kier alpha value is -1.07. The van der Waals surface area contributed by atoms with E-state index in [9.17, 15) is 9.59 Å². The third-order valence-corrected chi connectivity index (χ3v) is 4.76. The summed E-state index contributed by atoms with van der Waals surface area (Å²) in [4.78, 5) is 26.0. The summed E-state index contributed by atoms with van der Waals surface area (Å²) in [6.45, 7) is 0.485. The fraction of sp³-hybridized carbons (Fsp3) is 0.538. The molecule has 4 nitrogen and oxygen atoms in total. The zero-order valence-electron chi connectivity index (χ0n) is 10.6. The number of carbonyl (C=O) groups is 2. The SMILES string of the molecule is CN(Cc1ccc(Cl)s1)C(=O)[C@@H]1CCC[C@@H]1C(=O)O.